The van der Waals surface area contributed by atoms with Crippen LogP contribution in [0.25, 0.3) is 0 Å². The van der Waals surface area contributed by atoms with Crippen LogP contribution in [0.2, 0.25) is 0 Å². The molecule has 25 heavy (non-hydrogen) atoms. The van der Waals surface area contributed by atoms with E-state index in [9.17, 15) is 20.0 Å². The lowest BCUT2D eigenvalue weighted by Crippen LogP contribution is -2.33. The second-order valence-corrected chi connectivity index (χ2v) is 6.31. The molecular formula is C17H20N4O4. The molecule has 0 bridgehead atoms. The van der Waals surface area contributed by atoms with Crippen LogP contribution < -0.4 is 5.32 Å². The third-order valence-electron chi connectivity index (χ3n) is 4.58. The minimum Gasteiger partial charge on any atom is -0.476 e. The predicted octanol–water partition coefficient (Wildman–Crippen LogP) is 2.70. The van der Waals surface area contributed by atoms with Crippen molar-refractivity contribution in [3.63, 3.8) is 0 Å². The lowest BCUT2D eigenvalue weighted by Gasteiger charge is -2.28. The van der Waals surface area contributed by atoms with Crippen LogP contribution in [-0.4, -0.2) is 32.3 Å². The highest BCUT2D eigenvalue weighted by Crippen LogP contribution is 2.34. The van der Waals surface area contributed by atoms with E-state index in [0.717, 1.165) is 29.8 Å². The minimum atomic E-state index is -1.05. The Morgan fingerprint density at radius 1 is 1.52 bits per heavy atom. The van der Waals surface area contributed by atoms with Crippen molar-refractivity contribution in [2.45, 2.75) is 38.8 Å². The van der Waals surface area contributed by atoms with Crippen molar-refractivity contribution in [3.05, 3.63) is 56.9 Å². The van der Waals surface area contributed by atoms with Gasteiger partial charge in [-0.3, -0.25) is 14.8 Å². The van der Waals surface area contributed by atoms with E-state index in [4.69, 9.17) is 0 Å². The SMILES string of the molecule is CCC1NCC(C)c2c1c(C(=O)O)nn2Cc1cccc([N+](=O)[O-])c1. The highest BCUT2D eigenvalue weighted by molar-refractivity contribution is 5.87. The van der Waals surface area contributed by atoms with Crippen molar-refractivity contribution in [2.24, 2.45) is 0 Å². The van der Waals surface area contributed by atoms with Crippen molar-refractivity contribution in [3.8, 4) is 0 Å². The Balaban J connectivity index is 2.07. The second kappa shape index (κ2) is 6.64. The normalized spacial score (nSPS) is 19.4. The number of carbonyl (C=O) groups is 1. The zero-order chi connectivity index (χ0) is 18.1. The molecule has 2 aromatic rings. The molecule has 2 atom stereocenters. The molecule has 2 heterocycles. The summed E-state index contributed by atoms with van der Waals surface area (Å²) in [5.74, 6) is -0.944. The molecule has 0 saturated heterocycles. The molecule has 1 aliphatic rings. The maximum absolute atomic E-state index is 11.7. The first-order valence-electron chi connectivity index (χ1n) is 8.23. The molecule has 8 heteroatoms. The van der Waals surface area contributed by atoms with Crippen molar-refractivity contribution < 1.29 is 14.8 Å². The number of carboxylic acids is 1. The van der Waals surface area contributed by atoms with Crippen LogP contribution in [0, 0.1) is 10.1 Å². The number of fused-ring (bicyclic) bond motifs is 1. The predicted molar refractivity (Wildman–Crippen MR) is 90.8 cm³/mol. The molecule has 2 N–H and O–H groups in total. The first-order chi connectivity index (χ1) is 11.9. The van der Waals surface area contributed by atoms with E-state index in [0.29, 0.717) is 6.54 Å². The van der Waals surface area contributed by atoms with Gasteiger partial charge in [0.05, 0.1) is 11.5 Å². The van der Waals surface area contributed by atoms with Crippen LogP contribution in [-0.2, 0) is 6.54 Å². The van der Waals surface area contributed by atoms with Gasteiger partial charge in [-0.25, -0.2) is 4.79 Å². The van der Waals surface area contributed by atoms with Crippen LogP contribution in [0.4, 0.5) is 5.69 Å². The van der Waals surface area contributed by atoms with E-state index < -0.39 is 10.9 Å². The van der Waals surface area contributed by atoms with Crippen molar-refractivity contribution in [1.82, 2.24) is 15.1 Å². The Hall–Kier alpha value is -2.74. The van der Waals surface area contributed by atoms with Crippen molar-refractivity contribution in [1.29, 1.82) is 0 Å². The third kappa shape index (κ3) is 3.12. The van der Waals surface area contributed by atoms with Crippen LogP contribution in [0.3, 0.4) is 0 Å². The summed E-state index contributed by atoms with van der Waals surface area (Å²) in [5.41, 5.74) is 2.42. The smallest absolute Gasteiger partial charge is 0.356 e. The zero-order valence-electron chi connectivity index (χ0n) is 14.1. The molecule has 8 nitrogen and oxygen atoms in total. The monoisotopic (exact) mass is 344 g/mol. The summed E-state index contributed by atoms with van der Waals surface area (Å²) in [4.78, 5) is 22.2. The summed E-state index contributed by atoms with van der Waals surface area (Å²) < 4.78 is 1.69. The molecule has 3 rings (SSSR count). The Kier molecular flexibility index (Phi) is 4.54. The molecule has 0 saturated carbocycles. The van der Waals surface area contributed by atoms with E-state index in [1.54, 1.807) is 16.8 Å². The van der Waals surface area contributed by atoms with Crippen LogP contribution >= 0.6 is 0 Å². The van der Waals surface area contributed by atoms with Gasteiger partial charge >= 0.3 is 5.97 Å². The number of aromatic carboxylic acids is 1. The topological polar surface area (TPSA) is 110 Å². The number of non-ortho nitro benzene ring substituents is 1. The largest absolute Gasteiger partial charge is 0.476 e. The summed E-state index contributed by atoms with van der Waals surface area (Å²) in [6, 6.07) is 6.30. The molecule has 0 amide bonds. The first kappa shape index (κ1) is 17.1. The number of hydrogen-bond donors (Lipinski definition) is 2. The fourth-order valence-electron chi connectivity index (χ4n) is 3.44. The van der Waals surface area contributed by atoms with Gasteiger partial charge in [0.15, 0.2) is 5.69 Å². The quantitative estimate of drug-likeness (QED) is 0.637. The fraction of sp³-hybridized carbons (Fsp3) is 0.412. The van der Waals surface area contributed by atoms with Gasteiger partial charge in [-0.1, -0.05) is 26.0 Å². The van der Waals surface area contributed by atoms with E-state index in [1.807, 2.05) is 13.8 Å². The minimum absolute atomic E-state index is 0.0122. The molecule has 0 radical (unpaired) electrons. The van der Waals surface area contributed by atoms with Gasteiger partial charge in [0.1, 0.15) is 0 Å². The molecule has 1 aromatic heterocycles. The molecule has 132 valence electrons. The van der Waals surface area contributed by atoms with Gasteiger partial charge in [0, 0.05) is 41.9 Å². The van der Waals surface area contributed by atoms with Crippen molar-refractivity contribution >= 4 is 11.7 Å². The second-order valence-electron chi connectivity index (χ2n) is 6.31. The van der Waals surface area contributed by atoms with Gasteiger partial charge in [0.25, 0.3) is 5.69 Å². The summed E-state index contributed by atoms with van der Waals surface area (Å²) in [6.07, 6.45) is 0.766. The summed E-state index contributed by atoms with van der Waals surface area (Å²) >= 11 is 0. The Morgan fingerprint density at radius 2 is 2.28 bits per heavy atom. The highest BCUT2D eigenvalue weighted by Gasteiger charge is 2.33. The number of rotatable bonds is 5. The van der Waals surface area contributed by atoms with E-state index in [-0.39, 0.29) is 23.3 Å². The number of nitrogens with one attached hydrogen (secondary N) is 1. The van der Waals surface area contributed by atoms with Gasteiger partial charge in [-0.15, -0.1) is 0 Å². The van der Waals surface area contributed by atoms with E-state index in [2.05, 4.69) is 10.4 Å². The summed E-state index contributed by atoms with van der Waals surface area (Å²) in [6.45, 7) is 5.07. The highest BCUT2D eigenvalue weighted by atomic mass is 16.6. The summed E-state index contributed by atoms with van der Waals surface area (Å²) in [7, 11) is 0. The Bertz CT molecular complexity index is 830. The maximum atomic E-state index is 11.7. The lowest BCUT2D eigenvalue weighted by atomic mass is 9.90. The number of nitro groups is 1. The average Bonchev–Trinajstić information content (AvgIpc) is 2.96. The molecule has 0 spiro atoms. The van der Waals surface area contributed by atoms with Crippen LogP contribution in [0.5, 0.6) is 0 Å². The molecular weight excluding hydrogens is 324 g/mol. The number of hydrogen-bond acceptors (Lipinski definition) is 5. The standard InChI is InChI=1S/C17H20N4O4/c1-3-13-14-15(17(22)23)19-20(16(14)10(2)8-18-13)9-11-5-4-6-12(7-11)21(24)25/h4-7,10,13,18H,3,8-9H2,1-2H3,(H,22,23). The van der Waals surface area contributed by atoms with Gasteiger partial charge in [0.2, 0.25) is 0 Å². The molecule has 1 aliphatic heterocycles. The molecule has 0 fully saturated rings. The number of nitro benzene ring substituents is 1. The van der Waals surface area contributed by atoms with Gasteiger partial charge in [-0.05, 0) is 12.0 Å². The van der Waals surface area contributed by atoms with Crippen LogP contribution in [0.15, 0.2) is 24.3 Å². The van der Waals surface area contributed by atoms with Gasteiger partial charge < -0.3 is 10.4 Å². The average molecular weight is 344 g/mol. The first-order valence-corrected chi connectivity index (χ1v) is 8.23. The Morgan fingerprint density at radius 3 is 2.92 bits per heavy atom. The fourth-order valence-corrected chi connectivity index (χ4v) is 3.44. The van der Waals surface area contributed by atoms with E-state index in [1.165, 1.54) is 12.1 Å². The molecule has 2 unspecified atom stereocenters. The number of aromatic nitrogens is 2. The third-order valence-corrected chi connectivity index (χ3v) is 4.58. The number of nitrogens with zero attached hydrogens (tertiary/aromatic N) is 3. The molecule has 0 aliphatic carbocycles. The number of carboxylic acid groups (broad SMARTS) is 1. The van der Waals surface area contributed by atoms with E-state index >= 15 is 0 Å². The summed E-state index contributed by atoms with van der Waals surface area (Å²) in [5, 5.41) is 28.2. The van der Waals surface area contributed by atoms with Crippen LogP contribution in [0.1, 0.15) is 59.5 Å². The lowest BCUT2D eigenvalue weighted by molar-refractivity contribution is -0.384. The molecule has 1 aromatic carbocycles. The van der Waals surface area contributed by atoms with Crippen molar-refractivity contribution in [2.75, 3.05) is 6.54 Å². The maximum Gasteiger partial charge on any atom is 0.356 e. The zero-order valence-corrected chi connectivity index (χ0v) is 14.1. The number of benzene rings is 1. The Labute approximate surface area is 144 Å². The van der Waals surface area contributed by atoms with Gasteiger partial charge in [-0.2, -0.15) is 5.10 Å².